The number of halogens is 1. The Morgan fingerprint density at radius 1 is 1.26 bits per heavy atom. The molecule has 0 aliphatic carbocycles. The van der Waals surface area contributed by atoms with Crippen LogP contribution in [0.2, 0.25) is 5.15 Å². The molecule has 19 heavy (non-hydrogen) atoms. The molecule has 4 nitrogen and oxygen atoms in total. The van der Waals surface area contributed by atoms with E-state index < -0.39 is 0 Å². The fourth-order valence-electron chi connectivity index (χ4n) is 2.18. The van der Waals surface area contributed by atoms with Gasteiger partial charge in [0.25, 0.3) is 0 Å². The van der Waals surface area contributed by atoms with Gasteiger partial charge in [0.15, 0.2) is 11.5 Å². The van der Waals surface area contributed by atoms with Crippen molar-refractivity contribution in [3.8, 4) is 10.7 Å². The van der Waals surface area contributed by atoms with E-state index in [0.717, 1.165) is 28.5 Å². The number of aryl methyl sites for hydroxylation is 1. The standard InChI is InChI=1S/C12H9ClN4S2/c13-10-1-2-11-14-15-12(17(11)16-10)9-5-7-6-18-4-3-8(7)19-9/h1-2,5H,3-4,6H2. The van der Waals surface area contributed by atoms with E-state index in [2.05, 4.69) is 21.4 Å². The summed E-state index contributed by atoms with van der Waals surface area (Å²) < 4.78 is 1.72. The average Bonchev–Trinajstić information content (AvgIpc) is 3.00. The maximum Gasteiger partial charge on any atom is 0.195 e. The molecule has 0 saturated carbocycles. The van der Waals surface area contributed by atoms with Gasteiger partial charge in [0.1, 0.15) is 5.15 Å². The van der Waals surface area contributed by atoms with Gasteiger partial charge in [-0.05, 0) is 35.9 Å². The number of thioether (sulfide) groups is 1. The Bertz CT molecular complexity index is 741. The first-order valence-corrected chi connectivity index (χ1v) is 8.24. The molecule has 3 aromatic heterocycles. The molecule has 96 valence electrons. The van der Waals surface area contributed by atoms with Gasteiger partial charge in [-0.3, -0.25) is 0 Å². The number of nitrogens with zero attached hydrogens (tertiary/aromatic N) is 4. The second-order valence-electron chi connectivity index (χ2n) is 4.31. The molecule has 0 spiro atoms. The van der Waals surface area contributed by atoms with E-state index in [1.807, 2.05) is 17.8 Å². The van der Waals surface area contributed by atoms with Crippen LogP contribution in [0, 0.1) is 0 Å². The minimum atomic E-state index is 0.449. The quantitative estimate of drug-likeness (QED) is 0.692. The number of aromatic nitrogens is 4. The Kier molecular flexibility index (Phi) is 2.75. The number of fused-ring (bicyclic) bond motifs is 2. The average molecular weight is 309 g/mol. The third-order valence-electron chi connectivity index (χ3n) is 3.08. The minimum absolute atomic E-state index is 0.449. The summed E-state index contributed by atoms with van der Waals surface area (Å²) in [7, 11) is 0. The van der Waals surface area contributed by atoms with Crippen LogP contribution in [0.15, 0.2) is 18.2 Å². The lowest BCUT2D eigenvalue weighted by Gasteiger charge is -2.08. The lowest BCUT2D eigenvalue weighted by Crippen LogP contribution is -1.96. The van der Waals surface area contributed by atoms with E-state index in [1.54, 1.807) is 21.9 Å². The second-order valence-corrected chi connectivity index (χ2v) is 6.94. The van der Waals surface area contributed by atoms with Crippen LogP contribution in [0.3, 0.4) is 0 Å². The van der Waals surface area contributed by atoms with Crippen molar-refractivity contribution < 1.29 is 0 Å². The first-order valence-electron chi connectivity index (χ1n) is 5.89. The fraction of sp³-hybridized carbons (Fsp3) is 0.250. The molecule has 4 rings (SSSR count). The van der Waals surface area contributed by atoms with Crippen molar-refractivity contribution in [2.75, 3.05) is 5.75 Å². The molecule has 0 bridgehead atoms. The smallest absolute Gasteiger partial charge is 0.190 e. The van der Waals surface area contributed by atoms with E-state index >= 15 is 0 Å². The van der Waals surface area contributed by atoms with Crippen molar-refractivity contribution in [2.24, 2.45) is 0 Å². The SMILES string of the molecule is Clc1ccc2nnc(-c3cc4c(s3)CCSC4)n2n1. The Morgan fingerprint density at radius 2 is 2.21 bits per heavy atom. The van der Waals surface area contributed by atoms with Crippen LogP contribution in [0.25, 0.3) is 16.3 Å². The third-order valence-corrected chi connectivity index (χ3v) is 5.52. The topological polar surface area (TPSA) is 43.1 Å². The van der Waals surface area contributed by atoms with Crippen LogP contribution in [-0.4, -0.2) is 25.6 Å². The molecule has 1 aliphatic rings. The van der Waals surface area contributed by atoms with Crippen molar-refractivity contribution in [3.05, 3.63) is 33.8 Å². The molecule has 4 heterocycles. The molecule has 1 aliphatic heterocycles. The lowest BCUT2D eigenvalue weighted by atomic mass is 10.2. The van der Waals surface area contributed by atoms with E-state index in [-0.39, 0.29) is 0 Å². The molecular formula is C12H9ClN4S2. The predicted molar refractivity (Wildman–Crippen MR) is 79.0 cm³/mol. The van der Waals surface area contributed by atoms with Gasteiger partial charge >= 0.3 is 0 Å². The predicted octanol–water partition coefficient (Wildman–Crippen LogP) is 3.30. The summed E-state index contributed by atoms with van der Waals surface area (Å²) in [5, 5.41) is 13.1. The number of thiophene rings is 1. The minimum Gasteiger partial charge on any atom is -0.190 e. The molecule has 0 saturated heterocycles. The zero-order chi connectivity index (χ0) is 12.8. The van der Waals surface area contributed by atoms with Gasteiger partial charge in [0, 0.05) is 10.6 Å². The summed E-state index contributed by atoms with van der Waals surface area (Å²) in [5.41, 5.74) is 2.15. The summed E-state index contributed by atoms with van der Waals surface area (Å²) in [6.45, 7) is 0. The molecule has 0 amide bonds. The Labute approximate surface area is 122 Å². The first kappa shape index (κ1) is 11.7. The van der Waals surface area contributed by atoms with Crippen molar-refractivity contribution in [1.29, 1.82) is 0 Å². The van der Waals surface area contributed by atoms with Crippen molar-refractivity contribution >= 4 is 40.3 Å². The maximum atomic E-state index is 5.95. The number of hydrogen-bond donors (Lipinski definition) is 0. The molecule has 0 aromatic carbocycles. The summed E-state index contributed by atoms with van der Waals surface area (Å²) >= 11 is 9.72. The van der Waals surface area contributed by atoms with Gasteiger partial charge in [0.2, 0.25) is 0 Å². The van der Waals surface area contributed by atoms with Crippen molar-refractivity contribution in [2.45, 2.75) is 12.2 Å². The molecule has 7 heteroatoms. The Balaban J connectivity index is 1.89. The van der Waals surface area contributed by atoms with Gasteiger partial charge in [0.05, 0.1) is 4.88 Å². The van der Waals surface area contributed by atoms with E-state index in [9.17, 15) is 0 Å². The zero-order valence-electron chi connectivity index (χ0n) is 9.84. The van der Waals surface area contributed by atoms with Crippen LogP contribution >= 0.6 is 34.7 Å². The Hall–Kier alpha value is -1.11. The molecule has 0 fully saturated rings. The monoisotopic (exact) mass is 308 g/mol. The van der Waals surface area contributed by atoms with Gasteiger partial charge in [-0.25, -0.2) is 0 Å². The fourth-order valence-corrected chi connectivity index (χ4v) is 4.66. The number of rotatable bonds is 1. The third kappa shape index (κ3) is 1.94. The maximum absolute atomic E-state index is 5.95. The molecular weight excluding hydrogens is 300 g/mol. The van der Waals surface area contributed by atoms with Gasteiger partial charge in [-0.15, -0.1) is 21.5 Å². The van der Waals surface area contributed by atoms with Crippen LogP contribution in [-0.2, 0) is 12.2 Å². The summed E-state index contributed by atoms with van der Waals surface area (Å²) in [4.78, 5) is 2.59. The summed E-state index contributed by atoms with van der Waals surface area (Å²) in [6.07, 6.45) is 1.15. The largest absolute Gasteiger partial charge is 0.195 e. The highest BCUT2D eigenvalue weighted by Crippen LogP contribution is 2.36. The van der Waals surface area contributed by atoms with Gasteiger partial charge < -0.3 is 0 Å². The van der Waals surface area contributed by atoms with E-state index in [1.165, 1.54) is 16.2 Å². The molecule has 0 N–H and O–H groups in total. The zero-order valence-corrected chi connectivity index (χ0v) is 12.2. The second kappa shape index (κ2) is 4.47. The highest BCUT2D eigenvalue weighted by Gasteiger charge is 2.18. The molecule has 3 aromatic rings. The van der Waals surface area contributed by atoms with Crippen LogP contribution in [0.4, 0.5) is 0 Å². The van der Waals surface area contributed by atoms with E-state index in [0.29, 0.717) is 5.15 Å². The van der Waals surface area contributed by atoms with Crippen LogP contribution in [0.1, 0.15) is 10.4 Å². The highest BCUT2D eigenvalue weighted by molar-refractivity contribution is 7.98. The molecule has 0 atom stereocenters. The number of hydrogen-bond acceptors (Lipinski definition) is 5. The first-order chi connectivity index (χ1) is 9.31. The molecule has 0 radical (unpaired) electrons. The lowest BCUT2D eigenvalue weighted by molar-refractivity contribution is 0.938. The van der Waals surface area contributed by atoms with Gasteiger partial charge in [-0.2, -0.15) is 21.4 Å². The Morgan fingerprint density at radius 3 is 3.11 bits per heavy atom. The van der Waals surface area contributed by atoms with Crippen LogP contribution < -0.4 is 0 Å². The normalized spacial score (nSPS) is 14.8. The summed E-state index contributed by atoms with van der Waals surface area (Å²) in [6, 6.07) is 5.77. The highest BCUT2D eigenvalue weighted by atomic mass is 35.5. The van der Waals surface area contributed by atoms with Gasteiger partial charge in [-0.1, -0.05) is 11.6 Å². The summed E-state index contributed by atoms with van der Waals surface area (Å²) in [5.74, 6) is 3.08. The van der Waals surface area contributed by atoms with Crippen molar-refractivity contribution in [3.63, 3.8) is 0 Å². The van der Waals surface area contributed by atoms with Crippen LogP contribution in [0.5, 0.6) is 0 Å². The van der Waals surface area contributed by atoms with Crippen molar-refractivity contribution in [1.82, 2.24) is 19.8 Å². The van der Waals surface area contributed by atoms with E-state index in [4.69, 9.17) is 11.6 Å². The molecule has 0 unspecified atom stereocenters.